The van der Waals surface area contributed by atoms with E-state index in [4.69, 9.17) is 18.9 Å². The van der Waals surface area contributed by atoms with Crippen molar-refractivity contribution in [2.75, 3.05) is 33.3 Å². The molecule has 0 unspecified atom stereocenters. The molecular weight excluding hydrogens is 350 g/mol. The highest BCUT2D eigenvalue weighted by Crippen LogP contribution is 2.34. The molecule has 144 valence electrons. The second-order valence-corrected chi connectivity index (χ2v) is 5.83. The van der Waals surface area contributed by atoms with E-state index in [1.165, 1.54) is 33.5 Å². The zero-order valence-corrected chi connectivity index (χ0v) is 16.0. The van der Waals surface area contributed by atoms with Crippen LogP contribution in [0.4, 0.5) is 5.69 Å². The summed E-state index contributed by atoms with van der Waals surface area (Å²) < 4.78 is 20.7. The second kappa shape index (κ2) is 8.93. The van der Waals surface area contributed by atoms with Crippen molar-refractivity contribution >= 4 is 17.6 Å². The number of aryl methyl sites for hydroxylation is 2. The molecular formula is C20H23NO6. The van der Waals surface area contributed by atoms with Gasteiger partial charge in [0.15, 0.2) is 18.1 Å². The molecule has 7 nitrogen and oxygen atoms in total. The van der Waals surface area contributed by atoms with E-state index in [0.717, 1.165) is 11.1 Å². The van der Waals surface area contributed by atoms with Gasteiger partial charge in [-0.25, -0.2) is 4.79 Å². The fourth-order valence-electron chi connectivity index (χ4n) is 2.41. The third-order valence-corrected chi connectivity index (χ3v) is 4.05. The highest BCUT2D eigenvalue weighted by molar-refractivity contribution is 5.97. The van der Waals surface area contributed by atoms with Crippen LogP contribution >= 0.6 is 0 Å². The maximum absolute atomic E-state index is 12.4. The smallest absolute Gasteiger partial charge is 0.342 e. The molecule has 2 aromatic carbocycles. The minimum Gasteiger partial charge on any atom is -0.496 e. The van der Waals surface area contributed by atoms with E-state index in [-0.39, 0.29) is 11.3 Å². The lowest BCUT2D eigenvalue weighted by atomic mass is 10.1. The summed E-state index contributed by atoms with van der Waals surface area (Å²) in [5.41, 5.74) is 2.96. The molecule has 0 fully saturated rings. The van der Waals surface area contributed by atoms with Crippen molar-refractivity contribution in [1.29, 1.82) is 0 Å². The molecule has 0 saturated heterocycles. The summed E-state index contributed by atoms with van der Waals surface area (Å²) in [4.78, 5) is 24.4. The molecule has 0 aliphatic rings. The van der Waals surface area contributed by atoms with Crippen molar-refractivity contribution in [1.82, 2.24) is 0 Å². The van der Waals surface area contributed by atoms with Crippen LogP contribution in [-0.4, -0.2) is 39.8 Å². The summed E-state index contributed by atoms with van der Waals surface area (Å²) >= 11 is 0. The largest absolute Gasteiger partial charge is 0.496 e. The van der Waals surface area contributed by atoms with Crippen molar-refractivity contribution in [3.05, 3.63) is 47.0 Å². The number of nitrogens with one attached hydrogen (secondary N) is 1. The summed E-state index contributed by atoms with van der Waals surface area (Å²) in [5, 5.41) is 2.69. The molecule has 0 aliphatic heterocycles. The maximum atomic E-state index is 12.4. The molecule has 1 N–H and O–H groups in total. The van der Waals surface area contributed by atoms with Crippen LogP contribution in [0.15, 0.2) is 30.3 Å². The fourth-order valence-corrected chi connectivity index (χ4v) is 2.41. The summed E-state index contributed by atoms with van der Waals surface area (Å²) in [6, 6.07) is 8.52. The van der Waals surface area contributed by atoms with E-state index in [9.17, 15) is 9.59 Å². The zero-order valence-electron chi connectivity index (χ0n) is 16.0. The summed E-state index contributed by atoms with van der Waals surface area (Å²) in [7, 11) is 4.35. The molecule has 0 heterocycles. The predicted octanol–water partition coefficient (Wildman–Crippen LogP) is 3.12. The molecule has 0 spiro atoms. The number of methoxy groups -OCH3 is 3. The molecule has 2 aromatic rings. The Morgan fingerprint density at radius 2 is 1.48 bits per heavy atom. The molecule has 7 heteroatoms. The number of carbonyl (C=O) groups is 2. The third-order valence-electron chi connectivity index (χ3n) is 4.05. The van der Waals surface area contributed by atoms with Gasteiger partial charge in [-0.05, 0) is 37.1 Å². The number of amides is 1. The first-order valence-electron chi connectivity index (χ1n) is 8.23. The Balaban J connectivity index is 2.06. The number of hydrogen-bond donors (Lipinski definition) is 1. The second-order valence-electron chi connectivity index (χ2n) is 5.83. The average Bonchev–Trinajstić information content (AvgIpc) is 2.67. The Kier molecular flexibility index (Phi) is 6.65. The van der Waals surface area contributed by atoms with Crippen molar-refractivity contribution in [3.8, 4) is 17.2 Å². The highest BCUT2D eigenvalue weighted by Gasteiger charge is 2.20. The molecule has 27 heavy (non-hydrogen) atoms. The van der Waals surface area contributed by atoms with Gasteiger partial charge >= 0.3 is 5.97 Å². The molecule has 1 amide bonds. The van der Waals surface area contributed by atoms with Crippen molar-refractivity contribution < 1.29 is 28.5 Å². The number of hydrogen-bond acceptors (Lipinski definition) is 6. The van der Waals surface area contributed by atoms with Crippen LogP contribution in [0, 0.1) is 13.8 Å². The highest BCUT2D eigenvalue weighted by atomic mass is 16.5. The van der Waals surface area contributed by atoms with Crippen LogP contribution in [0.2, 0.25) is 0 Å². The third kappa shape index (κ3) is 4.91. The van der Waals surface area contributed by atoms with Gasteiger partial charge in [0.2, 0.25) is 0 Å². The number of rotatable bonds is 7. The molecule has 0 atom stereocenters. The van der Waals surface area contributed by atoms with E-state index < -0.39 is 18.5 Å². The summed E-state index contributed by atoms with van der Waals surface area (Å²) in [6.07, 6.45) is 0. The minimum atomic E-state index is -0.706. The first-order valence-corrected chi connectivity index (χ1v) is 8.23. The lowest BCUT2D eigenvalue weighted by Crippen LogP contribution is -2.21. The fraction of sp³-hybridized carbons (Fsp3) is 0.300. The maximum Gasteiger partial charge on any atom is 0.342 e. The van der Waals surface area contributed by atoms with Crippen LogP contribution in [-0.2, 0) is 9.53 Å². The Hall–Kier alpha value is -3.22. The SMILES string of the molecule is COc1cc(OC)c(C(=O)OCC(=O)Nc2ccc(C)c(C)c2)cc1OC. The first kappa shape index (κ1) is 20.1. The van der Waals surface area contributed by atoms with E-state index >= 15 is 0 Å². The van der Waals surface area contributed by atoms with Crippen LogP contribution in [0.1, 0.15) is 21.5 Å². The molecule has 0 radical (unpaired) electrons. The Morgan fingerprint density at radius 1 is 0.852 bits per heavy atom. The summed E-state index contributed by atoms with van der Waals surface area (Å²) in [6.45, 7) is 3.51. The van der Waals surface area contributed by atoms with Gasteiger partial charge in [0.25, 0.3) is 5.91 Å². The topological polar surface area (TPSA) is 83.1 Å². The molecule has 0 aliphatic carbocycles. The Morgan fingerprint density at radius 3 is 2.07 bits per heavy atom. The van der Waals surface area contributed by atoms with Crippen molar-refractivity contribution in [3.63, 3.8) is 0 Å². The van der Waals surface area contributed by atoms with E-state index in [2.05, 4.69) is 5.32 Å². The van der Waals surface area contributed by atoms with Gasteiger partial charge < -0.3 is 24.3 Å². The zero-order chi connectivity index (χ0) is 20.0. The first-order chi connectivity index (χ1) is 12.9. The van der Waals surface area contributed by atoms with Crippen LogP contribution < -0.4 is 19.5 Å². The van der Waals surface area contributed by atoms with Gasteiger partial charge in [0, 0.05) is 17.8 Å². The van der Waals surface area contributed by atoms with E-state index in [1.54, 1.807) is 6.07 Å². The standard InChI is InChI=1S/C20H23NO6/c1-12-6-7-14(8-13(12)2)21-19(22)11-27-20(23)15-9-17(25-4)18(26-5)10-16(15)24-3/h6-10H,11H2,1-5H3,(H,21,22). The van der Waals surface area contributed by atoms with Crippen LogP contribution in [0.25, 0.3) is 0 Å². The Bertz CT molecular complexity index is 847. The number of ether oxygens (including phenoxy) is 4. The van der Waals surface area contributed by atoms with Gasteiger partial charge in [-0.1, -0.05) is 6.07 Å². The van der Waals surface area contributed by atoms with Crippen molar-refractivity contribution in [2.45, 2.75) is 13.8 Å². The van der Waals surface area contributed by atoms with Crippen LogP contribution in [0.5, 0.6) is 17.2 Å². The molecule has 0 saturated carbocycles. The molecule has 0 bridgehead atoms. The van der Waals surface area contributed by atoms with E-state index in [0.29, 0.717) is 17.2 Å². The van der Waals surface area contributed by atoms with Gasteiger partial charge in [0.05, 0.1) is 21.3 Å². The number of carbonyl (C=O) groups excluding carboxylic acids is 2. The number of benzene rings is 2. The van der Waals surface area contributed by atoms with Gasteiger partial charge in [-0.3, -0.25) is 4.79 Å². The normalized spacial score (nSPS) is 10.1. The predicted molar refractivity (Wildman–Crippen MR) is 101 cm³/mol. The quantitative estimate of drug-likeness (QED) is 0.751. The minimum absolute atomic E-state index is 0.133. The number of anilines is 1. The molecule has 2 rings (SSSR count). The van der Waals surface area contributed by atoms with Crippen molar-refractivity contribution in [2.24, 2.45) is 0 Å². The average molecular weight is 373 g/mol. The lowest BCUT2D eigenvalue weighted by Gasteiger charge is -2.13. The van der Waals surface area contributed by atoms with E-state index in [1.807, 2.05) is 26.0 Å². The summed E-state index contributed by atoms with van der Waals surface area (Å²) in [5.74, 6) is -0.121. The number of esters is 1. The van der Waals surface area contributed by atoms with Gasteiger partial charge in [-0.15, -0.1) is 0 Å². The van der Waals surface area contributed by atoms with Gasteiger partial charge in [0.1, 0.15) is 11.3 Å². The molecule has 0 aromatic heterocycles. The van der Waals surface area contributed by atoms with Crippen LogP contribution in [0.3, 0.4) is 0 Å². The lowest BCUT2D eigenvalue weighted by molar-refractivity contribution is -0.119. The van der Waals surface area contributed by atoms with Gasteiger partial charge in [-0.2, -0.15) is 0 Å². The Labute approximate surface area is 158 Å². The monoisotopic (exact) mass is 373 g/mol.